The Hall–Kier alpha value is -2.95. The molecule has 5 heteroatoms. The summed E-state index contributed by atoms with van der Waals surface area (Å²) in [4.78, 5) is 8.86. The highest BCUT2D eigenvalue weighted by molar-refractivity contribution is 5.91. The molecule has 22 heavy (non-hydrogen) atoms. The maximum atomic E-state index is 4.50. The van der Waals surface area contributed by atoms with Gasteiger partial charge in [-0.15, -0.1) is 0 Å². The Morgan fingerprint density at radius 3 is 2.91 bits per heavy atom. The molecule has 0 aliphatic rings. The summed E-state index contributed by atoms with van der Waals surface area (Å²) < 4.78 is 0. The van der Waals surface area contributed by atoms with Gasteiger partial charge in [0, 0.05) is 28.7 Å². The maximum Gasteiger partial charge on any atom is 0.178 e. The van der Waals surface area contributed by atoms with Gasteiger partial charge in [0.1, 0.15) is 5.52 Å². The molecule has 0 bridgehead atoms. The van der Waals surface area contributed by atoms with E-state index in [0.29, 0.717) is 0 Å². The van der Waals surface area contributed by atoms with Gasteiger partial charge in [0.15, 0.2) is 5.82 Å². The van der Waals surface area contributed by atoms with E-state index < -0.39 is 0 Å². The predicted octanol–water partition coefficient (Wildman–Crippen LogP) is 3.87. The summed E-state index contributed by atoms with van der Waals surface area (Å²) in [6, 6.07) is 12.2. The van der Waals surface area contributed by atoms with Crippen LogP contribution < -0.4 is 5.32 Å². The largest absolute Gasteiger partial charge is 0.337 e. The molecule has 108 valence electrons. The number of hydrogen-bond acceptors (Lipinski definition) is 4. The molecule has 3 heterocycles. The Bertz CT molecular complexity index is 987. The first-order valence-electron chi connectivity index (χ1n) is 7.15. The lowest BCUT2D eigenvalue weighted by Crippen LogP contribution is -1.93. The molecule has 0 radical (unpaired) electrons. The fraction of sp³-hybridized carbons (Fsp3) is 0.118. The molecule has 0 aliphatic carbocycles. The van der Waals surface area contributed by atoms with Gasteiger partial charge in [0.05, 0.1) is 5.52 Å². The van der Waals surface area contributed by atoms with Crippen LogP contribution in [0.5, 0.6) is 0 Å². The van der Waals surface area contributed by atoms with Crippen LogP contribution in [-0.2, 0) is 0 Å². The number of aryl methyl sites for hydroxylation is 2. The normalized spacial score (nSPS) is 11.2. The molecular formula is C17H15N5. The van der Waals surface area contributed by atoms with Crippen molar-refractivity contribution < 1.29 is 0 Å². The van der Waals surface area contributed by atoms with Gasteiger partial charge in [-0.1, -0.05) is 6.07 Å². The van der Waals surface area contributed by atoms with E-state index in [9.17, 15) is 0 Å². The van der Waals surface area contributed by atoms with Crippen LogP contribution in [0.3, 0.4) is 0 Å². The van der Waals surface area contributed by atoms with Crippen LogP contribution in [0.15, 0.2) is 42.6 Å². The summed E-state index contributed by atoms with van der Waals surface area (Å²) >= 11 is 0. The van der Waals surface area contributed by atoms with Crippen LogP contribution in [0.2, 0.25) is 0 Å². The topological polar surface area (TPSA) is 66.5 Å². The zero-order chi connectivity index (χ0) is 15.1. The molecule has 0 atom stereocenters. The number of hydrogen-bond donors (Lipinski definition) is 2. The van der Waals surface area contributed by atoms with Crippen LogP contribution in [0.1, 0.15) is 11.4 Å². The first-order chi connectivity index (χ1) is 10.7. The highest BCUT2D eigenvalue weighted by Gasteiger charge is 2.07. The second-order valence-electron chi connectivity index (χ2n) is 5.38. The zero-order valence-electron chi connectivity index (χ0n) is 12.4. The smallest absolute Gasteiger partial charge is 0.178 e. The number of nitrogens with one attached hydrogen (secondary N) is 2. The summed E-state index contributed by atoms with van der Waals surface area (Å²) in [5.41, 5.74) is 4.81. The first kappa shape index (κ1) is 12.8. The van der Waals surface area contributed by atoms with Gasteiger partial charge in [-0.3, -0.25) is 15.1 Å². The van der Waals surface area contributed by atoms with Crippen LogP contribution >= 0.6 is 0 Å². The maximum absolute atomic E-state index is 4.50. The van der Waals surface area contributed by atoms with Gasteiger partial charge in [0.2, 0.25) is 0 Å². The van der Waals surface area contributed by atoms with Crippen molar-refractivity contribution in [3.63, 3.8) is 0 Å². The van der Waals surface area contributed by atoms with E-state index in [4.69, 9.17) is 0 Å². The van der Waals surface area contributed by atoms with E-state index in [2.05, 4.69) is 43.7 Å². The Kier molecular flexibility index (Phi) is 2.79. The highest BCUT2D eigenvalue weighted by Crippen LogP contribution is 2.26. The van der Waals surface area contributed by atoms with Gasteiger partial charge < -0.3 is 5.32 Å². The molecule has 3 aromatic heterocycles. The molecule has 0 unspecified atom stereocenters. The van der Waals surface area contributed by atoms with E-state index in [1.54, 1.807) is 6.20 Å². The van der Waals surface area contributed by atoms with E-state index in [1.165, 1.54) is 10.8 Å². The Morgan fingerprint density at radius 1 is 1.09 bits per heavy atom. The molecule has 5 nitrogen and oxygen atoms in total. The predicted molar refractivity (Wildman–Crippen MR) is 88.4 cm³/mol. The molecule has 4 aromatic rings. The molecule has 0 saturated carbocycles. The van der Waals surface area contributed by atoms with Gasteiger partial charge in [-0.25, -0.2) is 0 Å². The minimum atomic E-state index is 0.734. The van der Waals surface area contributed by atoms with Crippen molar-refractivity contribution in [3.8, 4) is 0 Å². The van der Waals surface area contributed by atoms with Crippen LogP contribution in [0, 0.1) is 13.8 Å². The number of benzene rings is 1. The molecule has 0 amide bonds. The SMILES string of the molecule is Cc1cc2cc(Nc3n[nH]c4cccnc34)ccc2c(C)n1. The summed E-state index contributed by atoms with van der Waals surface area (Å²) in [5, 5.41) is 12.9. The van der Waals surface area contributed by atoms with E-state index >= 15 is 0 Å². The van der Waals surface area contributed by atoms with Gasteiger partial charge in [-0.05, 0) is 49.6 Å². The monoisotopic (exact) mass is 289 g/mol. The highest BCUT2D eigenvalue weighted by atomic mass is 15.2. The molecule has 4 rings (SSSR count). The summed E-state index contributed by atoms with van der Waals surface area (Å²) in [5.74, 6) is 0.734. The van der Waals surface area contributed by atoms with Crippen molar-refractivity contribution >= 4 is 33.3 Å². The molecule has 0 fully saturated rings. The lowest BCUT2D eigenvalue weighted by Gasteiger charge is -2.07. The van der Waals surface area contributed by atoms with Crippen LogP contribution in [0.25, 0.3) is 21.8 Å². The molecule has 1 aromatic carbocycles. The minimum absolute atomic E-state index is 0.734. The van der Waals surface area contributed by atoms with Crippen LogP contribution in [0.4, 0.5) is 11.5 Å². The quantitative estimate of drug-likeness (QED) is 0.588. The number of H-pyrrole nitrogens is 1. The minimum Gasteiger partial charge on any atom is -0.337 e. The third kappa shape index (κ3) is 2.07. The van der Waals surface area contributed by atoms with Gasteiger partial charge >= 0.3 is 0 Å². The van der Waals surface area contributed by atoms with E-state index in [0.717, 1.165) is 33.9 Å². The number of nitrogens with zero attached hydrogens (tertiary/aromatic N) is 3. The second kappa shape index (κ2) is 4.80. The molecule has 0 saturated heterocycles. The number of anilines is 2. The Morgan fingerprint density at radius 2 is 2.00 bits per heavy atom. The average Bonchev–Trinajstić information content (AvgIpc) is 2.90. The molecule has 0 spiro atoms. The third-order valence-corrected chi connectivity index (χ3v) is 3.73. The fourth-order valence-electron chi connectivity index (χ4n) is 2.75. The molecule has 2 N–H and O–H groups in total. The fourth-order valence-corrected chi connectivity index (χ4v) is 2.75. The second-order valence-corrected chi connectivity index (χ2v) is 5.38. The number of aromatic nitrogens is 4. The average molecular weight is 289 g/mol. The lowest BCUT2D eigenvalue weighted by molar-refractivity contribution is 1.12. The number of pyridine rings is 2. The Balaban J connectivity index is 1.78. The Labute approximate surface area is 127 Å². The van der Waals surface area contributed by atoms with Crippen molar-refractivity contribution in [2.45, 2.75) is 13.8 Å². The van der Waals surface area contributed by atoms with Crippen molar-refractivity contribution in [1.82, 2.24) is 20.2 Å². The number of fused-ring (bicyclic) bond motifs is 2. The van der Waals surface area contributed by atoms with Crippen molar-refractivity contribution in [3.05, 3.63) is 54.0 Å². The summed E-state index contributed by atoms with van der Waals surface area (Å²) in [6.45, 7) is 4.05. The van der Waals surface area contributed by atoms with E-state index in [1.807, 2.05) is 32.0 Å². The molecular weight excluding hydrogens is 274 g/mol. The standard InChI is InChI=1S/C17H15N5/c1-10-8-12-9-13(5-6-14(12)11(2)19-10)20-17-16-15(21-22-17)4-3-7-18-16/h3-9H,1-2H3,(H2,20,21,22). The van der Waals surface area contributed by atoms with Crippen LogP contribution in [-0.4, -0.2) is 20.2 Å². The molecule has 0 aliphatic heterocycles. The van der Waals surface area contributed by atoms with Gasteiger partial charge in [-0.2, -0.15) is 5.10 Å². The third-order valence-electron chi connectivity index (χ3n) is 3.73. The summed E-state index contributed by atoms with van der Waals surface area (Å²) in [6.07, 6.45) is 1.77. The van der Waals surface area contributed by atoms with Gasteiger partial charge in [0.25, 0.3) is 0 Å². The van der Waals surface area contributed by atoms with E-state index in [-0.39, 0.29) is 0 Å². The lowest BCUT2D eigenvalue weighted by atomic mass is 10.1. The van der Waals surface area contributed by atoms with Crippen molar-refractivity contribution in [1.29, 1.82) is 0 Å². The first-order valence-corrected chi connectivity index (χ1v) is 7.15. The number of rotatable bonds is 2. The zero-order valence-corrected chi connectivity index (χ0v) is 12.4. The van der Waals surface area contributed by atoms with Crippen molar-refractivity contribution in [2.75, 3.05) is 5.32 Å². The number of aromatic amines is 1. The summed E-state index contributed by atoms with van der Waals surface area (Å²) in [7, 11) is 0. The van der Waals surface area contributed by atoms with Crippen molar-refractivity contribution in [2.24, 2.45) is 0 Å².